The lowest BCUT2D eigenvalue weighted by Gasteiger charge is -2.06. The molecule has 0 aliphatic heterocycles. The average Bonchev–Trinajstić information content (AvgIpc) is 3.33. The van der Waals surface area contributed by atoms with E-state index in [1.54, 1.807) is 11.3 Å². The van der Waals surface area contributed by atoms with Crippen molar-refractivity contribution in [2.45, 2.75) is 19.9 Å². The van der Waals surface area contributed by atoms with Crippen LogP contribution in [-0.4, -0.2) is 19.9 Å². The number of hydrogen-bond acceptors (Lipinski definition) is 3. The van der Waals surface area contributed by atoms with Crippen LogP contribution in [0.25, 0.3) is 26.8 Å². The van der Waals surface area contributed by atoms with E-state index in [-0.39, 0.29) is 12.3 Å². The number of amides is 1. The Labute approximate surface area is 159 Å². The van der Waals surface area contributed by atoms with Crippen molar-refractivity contribution in [2.75, 3.05) is 5.32 Å². The smallest absolute Gasteiger partial charge is 0.230 e. The Morgan fingerprint density at radius 1 is 1.15 bits per heavy atom. The Balaban J connectivity index is 1.45. The molecular weight excluding hydrogens is 356 g/mol. The summed E-state index contributed by atoms with van der Waals surface area (Å²) in [6.45, 7) is 3.06. The van der Waals surface area contributed by atoms with Crippen LogP contribution in [0, 0.1) is 0 Å². The minimum absolute atomic E-state index is 0.0562. The van der Waals surface area contributed by atoms with Crippen molar-refractivity contribution in [3.05, 3.63) is 65.9 Å². The van der Waals surface area contributed by atoms with Crippen molar-refractivity contribution < 1.29 is 4.79 Å². The molecule has 0 aliphatic rings. The molecule has 1 N–H and O–H groups in total. The third kappa shape index (κ3) is 2.69. The number of carbonyl (C=O) groups excluding carboxylic acids is 1. The molecule has 27 heavy (non-hydrogen) atoms. The number of nitrogens with one attached hydrogen (secondary N) is 1. The van der Waals surface area contributed by atoms with Gasteiger partial charge >= 0.3 is 0 Å². The normalized spacial score (nSPS) is 11.6. The van der Waals surface area contributed by atoms with E-state index in [1.807, 2.05) is 28.2 Å². The molecule has 134 valence electrons. The molecule has 0 spiro atoms. The number of carbonyl (C=O) groups is 1. The van der Waals surface area contributed by atoms with Crippen molar-refractivity contribution in [2.24, 2.45) is 0 Å². The van der Waals surface area contributed by atoms with Crippen molar-refractivity contribution in [1.29, 1.82) is 0 Å². The highest BCUT2D eigenvalue weighted by Gasteiger charge is 2.12. The predicted octanol–water partition coefficient (Wildman–Crippen LogP) is 4.70. The summed E-state index contributed by atoms with van der Waals surface area (Å²) in [5.41, 5.74) is 4.00. The third-order valence-electron chi connectivity index (χ3n) is 4.86. The van der Waals surface area contributed by atoms with Crippen LogP contribution in [0.4, 0.5) is 5.69 Å². The molecule has 0 aliphatic carbocycles. The van der Waals surface area contributed by atoms with Crippen LogP contribution in [0.3, 0.4) is 0 Å². The van der Waals surface area contributed by atoms with E-state index in [4.69, 9.17) is 0 Å². The van der Waals surface area contributed by atoms with E-state index in [9.17, 15) is 4.79 Å². The molecule has 0 bridgehead atoms. The van der Waals surface area contributed by atoms with Crippen LogP contribution in [0.15, 0.2) is 60.2 Å². The summed E-state index contributed by atoms with van der Waals surface area (Å²) in [4.78, 5) is 17.9. The molecule has 6 heteroatoms. The number of fused-ring (bicyclic) bond motifs is 4. The second kappa shape index (κ2) is 6.25. The molecule has 3 aromatic heterocycles. The van der Waals surface area contributed by atoms with Crippen LogP contribution in [0.5, 0.6) is 0 Å². The maximum absolute atomic E-state index is 12.5. The van der Waals surface area contributed by atoms with Gasteiger partial charge in [-0.25, -0.2) is 4.98 Å². The molecule has 0 fully saturated rings. The maximum Gasteiger partial charge on any atom is 0.230 e. The Morgan fingerprint density at radius 2 is 2.00 bits per heavy atom. The molecule has 1 amide bonds. The van der Waals surface area contributed by atoms with Gasteiger partial charge in [-0.3, -0.25) is 9.20 Å². The summed E-state index contributed by atoms with van der Waals surface area (Å²) in [7, 11) is 0. The lowest BCUT2D eigenvalue weighted by Crippen LogP contribution is -2.14. The molecule has 0 saturated carbocycles. The van der Waals surface area contributed by atoms with E-state index in [0.29, 0.717) is 0 Å². The SMILES string of the molecule is CCn1c2ccccc2c2cc(NC(=O)Cc3cn4ccsc4n3)ccc21. The molecule has 2 aromatic carbocycles. The van der Waals surface area contributed by atoms with Crippen molar-refractivity contribution in [1.82, 2.24) is 14.0 Å². The van der Waals surface area contributed by atoms with Crippen LogP contribution in [0.2, 0.25) is 0 Å². The molecule has 5 rings (SSSR count). The number of rotatable bonds is 4. The number of nitrogens with zero attached hydrogens (tertiary/aromatic N) is 3. The Bertz CT molecular complexity index is 1270. The topological polar surface area (TPSA) is 51.3 Å². The molecule has 0 unspecified atom stereocenters. The zero-order valence-corrected chi connectivity index (χ0v) is 15.7. The van der Waals surface area contributed by atoms with E-state index < -0.39 is 0 Å². The minimum atomic E-state index is -0.0562. The van der Waals surface area contributed by atoms with Crippen LogP contribution in [0.1, 0.15) is 12.6 Å². The number of para-hydroxylation sites is 1. The van der Waals surface area contributed by atoms with Gasteiger partial charge in [-0.1, -0.05) is 18.2 Å². The monoisotopic (exact) mass is 374 g/mol. The molecule has 0 saturated heterocycles. The number of imidazole rings is 1. The van der Waals surface area contributed by atoms with Gasteiger partial charge in [0.25, 0.3) is 0 Å². The minimum Gasteiger partial charge on any atom is -0.341 e. The second-order valence-electron chi connectivity index (χ2n) is 6.54. The van der Waals surface area contributed by atoms with Crippen LogP contribution < -0.4 is 5.32 Å². The van der Waals surface area contributed by atoms with Gasteiger partial charge in [-0.2, -0.15) is 0 Å². The fraction of sp³-hybridized carbons (Fsp3) is 0.143. The molecule has 0 atom stereocenters. The number of hydrogen-bond donors (Lipinski definition) is 1. The zero-order valence-electron chi connectivity index (χ0n) is 14.8. The summed E-state index contributed by atoms with van der Waals surface area (Å²) in [5, 5.41) is 7.37. The quantitative estimate of drug-likeness (QED) is 0.495. The van der Waals surface area contributed by atoms with E-state index in [0.717, 1.165) is 28.3 Å². The number of aromatic nitrogens is 3. The van der Waals surface area contributed by atoms with Gasteiger partial charge in [0.05, 0.1) is 12.1 Å². The summed E-state index contributed by atoms with van der Waals surface area (Å²) in [6.07, 6.45) is 4.12. The first kappa shape index (κ1) is 16.1. The standard InChI is InChI=1S/C21H18N4OS/c1-2-25-18-6-4-3-5-16(18)17-11-14(7-8-19(17)25)22-20(26)12-15-13-24-9-10-27-21(24)23-15/h3-11,13H,2,12H2,1H3,(H,22,26). The highest BCUT2D eigenvalue weighted by Crippen LogP contribution is 2.31. The highest BCUT2D eigenvalue weighted by atomic mass is 32.1. The summed E-state index contributed by atoms with van der Waals surface area (Å²) < 4.78 is 4.24. The lowest BCUT2D eigenvalue weighted by molar-refractivity contribution is -0.115. The van der Waals surface area contributed by atoms with Crippen LogP contribution in [-0.2, 0) is 17.8 Å². The Hall–Kier alpha value is -3.12. The zero-order chi connectivity index (χ0) is 18.4. The van der Waals surface area contributed by atoms with E-state index in [2.05, 4.69) is 58.2 Å². The Morgan fingerprint density at radius 3 is 2.85 bits per heavy atom. The highest BCUT2D eigenvalue weighted by molar-refractivity contribution is 7.15. The van der Waals surface area contributed by atoms with E-state index in [1.165, 1.54) is 16.4 Å². The van der Waals surface area contributed by atoms with Gasteiger partial charge in [-0.05, 0) is 31.2 Å². The first-order chi connectivity index (χ1) is 13.2. The number of thiazole rings is 1. The molecule has 3 heterocycles. The predicted molar refractivity (Wildman–Crippen MR) is 111 cm³/mol. The summed E-state index contributed by atoms with van der Waals surface area (Å²) in [5.74, 6) is -0.0562. The summed E-state index contributed by atoms with van der Waals surface area (Å²) in [6, 6.07) is 14.5. The van der Waals surface area contributed by atoms with Gasteiger partial charge in [0, 0.05) is 51.8 Å². The lowest BCUT2D eigenvalue weighted by atomic mass is 10.1. The summed E-state index contributed by atoms with van der Waals surface area (Å²) >= 11 is 1.56. The van der Waals surface area contributed by atoms with Gasteiger partial charge in [0.2, 0.25) is 5.91 Å². The van der Waals surface area contributed by atoms with Gasteiger partial charge in [-0.15, -0.1) is 11.3 Å². The number of benzene rings is 2. The van der Waals surface area contributed by atoms with Crippen molar-refractivity contribution >= 4 is 49.7 Å². The molecule has 5 aromatic rings. The first-order valence-electron chi connectivity index (χ1n) is 8.95. The van der Waals surface area contributed by atoms with Gasteiger partial charge in [0.1, 0.15) is 0 Å². The maximum atomic E-state index is 12.5. The number of aryl methyl sites for hydroxylation is 1. The van der Waals surface area contributed by atoms with Gasteiger partial charge in [0.15, 0.2) is 4.96 Å². The first-order valence-corrected chi connectivity index (χ1v) is 9.83. The van der Waals surface area contributed by atoms with Crippen LogP contribution >= 0.6 is 11.3 Å². The molecular formula is C21H18N4OS. The largest absolute Gasteiger partial charge is 0.341 e. The second-order valence-corrected chi connectivity index (χ2v) is 7.42. The fourth-order valence-electron chi connectivity index (χ4n) is 3.70. The third-order valence-corrected chi connectivity index (χ3v) is 5.63. The average molecular weight is 374 g/mol. The van der Waals surface area contributed by atoms with Crippen molar-refractivity contribution in [3.63, 3.8) is 0 Å². The Kier molecular flexibility index (Phi) is 3.72. The van der Waals surface area contributed by atoms with E-state index >= 15 is 0 Å². The van der Waals surface area contributed by atoms with Gasteiger partial charge < -0.3 is 9.88 Å². The number of anilines is 1. The fourth-order valence-corrected chi connectivity index (χ4v) is 4.42. The molecule has 5 nitrogen and oxygen atoms in total. The molecule has 0 radical (unpaired) electrons. The van der Waals surface area contributed by atoms with Crippen molar-refractivity contribution in [3.8, 4) is 0 Å².